The van der Waals surface area contributed by atoms with Crippen molar-refractivity contribution in [3.05, 3.63) is 59.7 Å². The fraction of sp³-hybridized carbons (Fsp3) is 0.188. The van der Waals surface area contributed by atoms with Gasteiger partial charge in [-0.25, -0.2) is 0 Å². The molecule has 0 aliphatic rings. The molecule has 4 heteroatoms. The van der Waals surface area contributed by atoms with Crippen molar-refractivity contribution in [3.8, 4) is 5.75 Å². The first-order valence-corrected chi connectivity index (χ1v) is 6.40. The lowest BCUT2D eigenvalue weighted by atomic mass is 10.1. The van der Waals surface area contributed by atoms with Gasteiger partial charge in [-0.3, -0.25) is 4.79 Å². The van der Waals surface area contributed by atoms with Crippen molar-refractivity contribution in [2.45, 2.75) is 6.54 Å². The van der Waals surface area contributed by atoms with Crippen LogP contribution in [-0.2, 0) is 6.54 Å². The number of amides is 1. The number of phenolic OH excluding ortho intramolecular Hbond substituents is 1. The molecule has 2 aromatic carbocycles. The molecule has 0 spiro atoms. The minimum absolute atomic E-state index is 0.0380. The summed E-state index contributed by atoms with van der Waals surface area (Å²) in [4.78, 5) is 13.6. The van der Waals surface area contributed by atoms with E-state index in [0.717, 1.165) is 11.3 Å². The average molecular weight is 270 g/mol. The SMILES string of the molecule is CN(C)C(=O)c1ccccc1NCc1cccc(O)c1. The van der Waals surface area contributed by atoms with Gasteiger partial charge in [-0.1, -0.05) is 24.3 Å². The molecule has 4 nitrogen and oxygen atoms in total. The lowest BCUT2D eigenvalue weighted by Gasteiger charge is -2.15. The van der Waals surface area contributed by atoms with Gasteiger partial charge in [-0.05, 0) is 29.8 Å². The molecule has 0 radical (unpaired) electrons. The summed E-state index contributed by atoms with van der Waals surface area (Å²) in [5.74, 6) is 0.200. The molecule has 0 fully saturated rings. The van der Waals surface area contributed by atoms with Gasteiger partial charge in [0.15, 0.2) is 0 Å². The highest BCUT2D eigenvalue weighted by Crippen LogP contribution is 2.18. The van der Waals surface area contributed by atoms with E-state index in [4.69, 9.17) is 0 Å². The molecular weight excluding hydrogens is 252 g/mol. The van der Waals surface area contributed by atoms with Gasteiger partial charge in [-0.2, -0.15) is 0 Å². The number of carbonyl (C=O) groups is 1. The van der Waals surface area contributed by atoms with Crippen LogP contribution in [0.25, 0.3) is 0 Å². The Morgan fingerprint density at radius 1 is 1.15 bits per heavy atom. The Bertz CT molecular complexity index is 609. The number of aromatic hydroxyl groups is 1. The standard InChI is InChI=1S/C16H18N2O2/c1-18(2)16(20)14-8-3-4-9-15(14)17-11-12-6-5-7-13(19)10-12/h3-10,17,19H,11H2,1-2H3. The highest BCUT2D eigenvalue weighted by atomic mass is 16.3. The summed E-state index contributed by atoms with van der Waals surface area (Å²) in [6.07, 6.45) is 0. The summed E-state index contributed by atoms with van der Waals surface area (Å²) in [6, 6.07) is 14.4. The number of para-hydroxylation sites is 1. The van der Waals surface area contributed by atoms with Gasteiger partial charge >= 0.3 is 0 Å². The van der Waals surface area contributed by atoms with E-state index in [1.54, 1.807) is 43.3 Å². The van der Waals surface area contributed by atoms with Gasteiger partial charge < -0.3 is 15.3 Å². The van der Waals surface area contributed by atoms with E-state index in [-0.39, 0.29) is 11.7 Å². The van der Waals surface area contributed by atoms with E-state index in [1.807, 2.05) is 24.3 Å². The molecule has 20 heavy (non-hydrogen) atoms. The van der Waals surface area contributed by atoms with Gasteiger partial charge in [0.2, 0.25) is 0 Å². The number of anilines is 1. The quantitative estimate of drug-likeness (QED) is 0.898. The minimum atomic E-state index is -0.0380. The highest BCUT2D eigenvalue weighted by molar-refractivity contribution is 5.99. The topological polar surface area (TPSA) is 52.6 Å². The van der Waals surface area contributed by atoms with Crippen molar-refractivity contribution in [3.63, 3.8) is 0 Å². The van der Waals surface area contributed by atoms with Crippen LogP contribution < -0.4 is 5.32 Å². The van der Waals surface area contributed by atoms with E-state index in [9.17, 15) is 9.90 Å². The lowest BCUT2D eigenvalue weighted by Crippen LogP contribution is -2.22. The predicted octanol–water partition coefficient (Wildman–Crippen LogP) is 2.71. The molecule has 2 aromatic rings. The van der Waals surface area contributed by atoms with Crippen molar-refractivity contribution in [2.75, 3.05) is 19.4 Å². The van der Waals surface area contributed by atoms with Crippen molar-refractivity contribution >= 4 is 11.6 Å². The summed E-state index contributed by atoms with van der Waals surface area (Å²) in [6.45, 7) is 0.548. The molecule has 0 aliphatic carbocycles. The van der Waals surface area contributed by atoms with Gasteiger partial charge in [0.05, 0.1) is 5.56 Å². The number of nitrogens with zero attached hydrogens (tertiary/aromatic N) is 1. The normalized spacial score (nSPS) is 10.1. The second-order valence-corrected chi connectivity index (χ2v) is 4.77. The van der Waals surface area contributed by atoms with Crippen molar-refractivity contribution in [2.24, 2.45) is 0 Å². The zero-order valence-corrected chi connectivity index (χ0v) is 11.6. The smallest absolute Gasteiger partial charge is 0.255 e. The average Bonchev–Trinajstić information content (AvgIpc) is 2.44. The summed E-state index contributed by atoms with van der Waals surface area (Å²) in [7, 11) is 3.46. The van der Waals surface area contributed by atoms with Gasteiger partial charge in [0.1, 0.15) is 5.75 Å². The molecule has 0 saturated heterocycles. The molecule has 0 unspecified atom stereocenters. The Balaban J connectivity index is 2.16. The molecule has 0 aromatic heterocycles. The van der Waals surface area contributed by atoms with E-state index in [2.05, 4.69) is 5.32 Å². The number of benzene rings is 2. The third-order valence-corrected chi connectivity index (χ3v) is 2.96. The number of rotatable bonds is 4. The maximum Gasteiger partial charge on any atom is 0.255 e. The molecule has 2 rings (SSSR count). The Labute approximate surface area is 118 Å². The van der Waals surface area contributed by atoms with Crippen molar-refractivity contribution in [1.82, 2.24) is 4.90 Å². The van der Waals surface area contributed by atoms with E-state index >= 15 is 0 Å². The van der Waals surface area contributed by atoms with Crippen LogP contribution in [0.3, 0.4) is 0 Å². The highest BCUT2D eigenvalue weighted by Gasteiger charge is 2.12. The number of hydrogen-bond acceptors (Lipinski definition) is 3. The van der Waals surface area contributed by atoms with Gasteiger partial charge in [0, 0.05) is 26.3 Å². The zero-order valence-electron chi connectivity index (χ0n) is 11.6. The first-order valence-electron chi connectivity index (χ1n) is 6.40. The number of nitrogens with one attached hydrogen (secondary N) is 1. The second-order valence-electron chi connectivity index (χ2n) is 4.77. The fourth-order valence-electron chi connectivity index (χ4n) is 1.93. The van der Waals surface area contributed by atoms with Crippen molar-refractivity contribution < 1.29 is 9.90 Å². The van der Waals surface area contributed by atoms with E-state index in [0.29, 0.717) is 12.1 Å². The van der Waals surface area contributed by atoms with Crippen LogP contribution in [0.5, 0.6) is 5.75 Å². The van der Waals surface area contributed by atoms with Crippen LogP contribution >= 0.6 is 0 Å². The Morgan fingerprint density at radius 2 is 1.90 bits per heavy atom. The molecule has 0 bridgehead atoms. The second kappa shape index (κ2) is 6.10. The molecular formula is C16H18N2O2. The first-order chi connectivity index (χ1) is 9.58. The molecule has 104 valence electrons. The summed E-state index contributed by atoms with van der Waals surface area (Å²) >= 11 is 0. The number of carbonyl (C=O) groups excluding carboxylic acids is 1. The number of phenols is 1. The Hall–Kier alpha value is -2.49. The Kier molecular flexibility index (Phi) is 4.25. The third kappa shape index (κ3) is 3.29. The molecule has 2 N–H and O–H groups in total. The van der Waals surface area contributed by atoms with Crippen molar-refractivity contribution in [1.29, 1.82) is 0 Å². The lowest BCUT2D eigenvalue weighted by molar-refractivity contribution is 0.0828. The summed E-state index contributed by atoms with van der Waals surface area (Å²) < 4.78 is 0. The largest absolute Gasteiger partial charge is 0.508 e. The minimum Gasteiger partial charge on any atom is -0.508 e. The maximum atomic E-state index is 12.1. The van der Waals surface area contributed by atoms with Gasteiger partial charge in [0.25, 0.3) is 5.91 Å². The maximum absolute atomic E-state index is 12.1. The van der Waals surface area contributed by atoms with Crippen LogP contribution in [0, 0.1) is 0 Å². The Morgan fingerprint density at radius 3 is 2.60 bits per heavy atom. The molecule has 0 heterocycles. The van der Waals surface area contributed by atoms with Crippen LogP contribution in [0.15, 0.2) is 48.5 Å². The van der Waals surface area contributed by atoms with Crippen LogP contribution in [0.4, 0.5) is 5.69 Å². The van der Waals surface area contributed by atoms with E-state index < -0.39 is 0 Å². The zero-order chi connectivity index (χ0) is 14.5. The third-order valence-electron chi connectivity index (χ3n) is 2.96. The van der Waals surface area contributed by atoms with Crippen LogP contribution in [-0.4, -0.2) is 30.0 Å². The fourth-order valence-corrected chi connectivity index (χ4v) is 1.93. The van der Waals surface area contributed by atoms with Crippen LogP contribution in [0.1, 0.15) is 15.9 Å². The molecule has 0 atom stereocenters. The number of hydrogen-bond donors (Lipinski definition) is 2. The van der Waals surface area contributed by atoms with Crippen LogP contribution in [0.2, 0.25) is 0 Å². The predicted molar refractivity (Wildman–Crippen MR) is 79.9 cm³/mol. The summed E-state index contributed by atoms with van der Waals surface area (Å²) in [5.41, 5.74) is 2.38. The molecule has 0 aliphatic heterocycles. The summed E-state index contributed by atoms with van der Waals surface area (Å²) in [5, 5.41) is 12.7. The van der Waals surface area contributed by atoms with Gasteiger partial charge in [-0.15, -0.1) is 0 Å². The first kappa shape index (κ1) is 13.9. The monoisotopic (exact) mass is 270 g/mol. The van der Waals surface area contributed by atoms with E-state index in [1.165, 1.54) is 0 Å². The molecule has 0 saturated carbocycles. The molecule has 1 amide bonds.